The van der Waals surface area contributed by atoms with E-state index in [2.05, 4.69) is 5.32 Å². The summed E-state index contributed by atoms with van der Waals surface area (Å²) in [6, 6.07) is -0.359. The molecule has 1 aliphatic carbocycles. The lowest BCUT2D eigenvalue weighted by molar-refractivity contribution is -0.123. The average Bonchev–Trinajstić information content (AvgIpc) is 2.36. The van der Waals surface area contributed by atoms with Gasteiger partial charge in [0.25, 0.3) is 0 Å². The van der Waals surface area contributed by atoms with Crippen molar-refractivity contribution < 1.29 is 9.53 Å². The standard InChI is InChI=1S/C13H26N2O2/c1-10(17-2)9-15-13(16)12(14)8-11-6-4-3-5-7-11/h10-12H,3-9,14H2,1-2H3,(H,15,16). The Morgan fingerprint density at radius 1 is 1.41 bits per heavy atom. The zero-order valence-electron chi connectivity index (χ0n) is 11.1. The Balaban J connectivity index is 2.21. The Kier molecular flexibility index (Phi) is 6.52. The number of nitrogens with two attached hydrogens (primary N) is 1. The normalized spacial score (nSPS) is 20.9. The summed E-state index contributed by atoms with van der Waals surface area (Å²) in [4.78, 5) is 11.7. The third-order valence-corrected chi connectivity index (χ3v) is 3.61. The van der Waals surface area contributed by atoms with Crippen LogP contribution < -0.4 is 11.1 Å². The fourth-order valence-electron chi connectivity index (χ4n) is 2.35. The quantitative estimate of drug-likeness (QED) is 0.740. The molecule has 1 saturated carbocycles. The second-order valence-corrected chi connectivity index (χ2v) is 5.14. The minimum absolute atomic E-state index is 0.0422. The van der Waals surface area contributed by atoms with Crippen molar-refractivity contribution in [2.45, 2.75) is 57.6 Å². The zero-order chi connectivity index (χ0) is 12.7. The van der Waals surface area contributed by atoms with E-state index in [0.717, 1.165) is 6.42 Å². The Morgan fingerprint density at radius 3 is 2.65 bits per heavy atom. The summed E-state index contributed by atoms with van der Waals surface area (Å²) in [5.74, 6) is 0.601. The van der Waals surface area contributed by atoms with Crippen LogP contribution in [0.4, 0.5) is 0 Å². The number of ether oxygens (including phenoxy) is 1. The summed E-state index contributed by atoms with van der Waals surface area (Å²) >= 11 is 0. The molecule has 0 bridgehead atoms. The monoisotopic (exact) mass is 242 g/mol. The maximum Gasteiger partial charge on any atom is 0.237 e. The molecule has 0 aliphatic heterocycles. The van der Waals surface area contributed by atoms with Gasteiger partial charge in [0.15, 0.2) is 0 Å². The molecule has 0 aromatic rings. The van der Waals surface area contributed by atoms with Crippen LogP contribution in [-0.2, 0) is 9.53 Å². The molecule has 4 nitrogen and oxygen atoms in total. The maximum atomic E-state index is 11.7. The summed E-state index contributed by atoms with van der Waals surface area (Å²) < 4.78 is 5.07. The zero-order valence-corrected chi connectivity index (χ0v) is 11.1. The predicted octanol–water partition coefficient (Wildman–Crippen LogP) is 1.44. The highest BCUT2D eigenvalue weighted by Gasteiger charge is 2.21. The Bertz CT molecular complexity index is 227. The molecule has 1 fully saturated rings. The van der Waals surface area contributed by atoms with Crippen LogP contribution in [0.5, 0.6) is 0 Å². The molecule has 0 aromatic heterocycles. The van der Waals surface area contributed by atoms with E-state index in [1.165, 1.54) is 32.1 Å². The van der Waals surface area contributed by atoms with Crippen LogP contribution >= 0.6 is 0 Å². The van der Waals surface area contributed by atoms with Crippen LogP contribution in [0.2, 0.25) is 0 Å². The van der Waals surface area contributed by atoms with Gasteiger partial charge in [0.1, 0.15) is 0 Å². The molecule has 0 aromatic carbocycles. The maximum absolute atomic E-state index is 11.7. The van der Waals surface area contributed by atoms with Crippen molar-refractivity contribution in [1.82, 2.24) is 5.32 Å². The highest BCUT2D eigenvalue weighted by Crippen LogP contribution is 2.26. The summed E-state index contributed by atoms with van der Waals surface area (Å²) in [7, 11) is 1.64. The molecule has 2 atom stereocenters. The van der Waals surface area contributed by atoms with Crippen LogP contribution in [0.25, 0.3) is 0 Å². The van der Waals surface area contributed by atoms with E-state index < -0.39 is 0 Å². The Labute approximate surface area is 104 Å². The molecular formula is C13H26N2O2. The lowest BCUT2D eigenvalue weighted by Gasteiger charge is -2.24. The van der Waals surface area contributed by atoms with Crippen molar-refractivity contribution in [2.75, 3.05) is 13.7 Å². The van der Waals surface area contributed by atoms with E-state index in [4.69, 9.17) is 10.5 Å². The van der Waals surface area contributed by atoms with Gasteiger partial charge in [-0.1, -0.05) is 32.1 Å². The minimum Gasteiger partial charge on any atom is -0.380 e. The number of methoxy groups -OCH3 is 1. The smallest absolute Gasteiger partial charge is 0.237 e. The van der Waals surface area contributed by atoms with Gasteiger partial charge >= 0.3 is 0 Å². The van der Waals surface area contributed by atoms with Crippen LogP contribution in [0.15, 0.2) is 0 Å². The summed E-state index contributed by atoms with van der Waals surface area (Å²) in [6.45, 7) is 2.46. The van der Waals surface area contributed by atoms with Crippen LogP contribution in [0.1, 0.15) is 45.4 Å². The van der Waals surface area contributed by atoms with E-state index in [0.29, 0.717) is 12.5 Å². The van der Waals surface area contributed by atoms with Gasteiger partial charge < -0.3 is 15.8 Å². The number of nitrogens with one attached hydrogen (secondary N) is 1. The largest absolute Gasteiger partial charge is 0.380 e. The molecule has 3 N–H and O–H groups in total. The van der Waals surface area contributed by atoms with Crippen molar-refractivity contribution in [3.63, 3.8) is 0 Å². The molecule has 100 valence electrons. The first-order valence-corrected chi connectivity index (χ1v) is 6.69. The molecule has 0 saturated heterocycles. The van der Waals surface area contributed by atoms with Gasteiger partial charge in [0, 0.05) is 13.7 Å². The molecular weight excluding hydrogens is 216 g/mol. The van der Waals surface area contributed by atoms with Crippen molar-refractivity contribution in [1.29, 1.82) is 0 Å². The van der Waals surface area contributed by atoms with E-state index in [9.17, 15) is 4.79 Å². The third kappa shape index (κ3) is 5.50. The van der Waals surface area contributed by atoms with Crippen molar-refractivity contribution in [2.24, 2.45) is 11.7 Å². The number of carbonyl (C=O) groups is 1. The number of amides is 1. The fraction of sp³-hybridized carbons (Fsp3) is 0.923. The van der Waals surface area contributed by atoms with Gasteiger partial charge in [-0.25, -0.2) is 0 Å². The average molecular weight is 242 g/mol. The first-order valence-electron chi connectivity index (χ1n) is 6.69. The van der Waals surface area contributed by atoms with Gasteiger partial charge in [-0.3, -0.25) is 4.79 Å². The highest BCUT2D eigenvalue weighted by atomic mass is 16.5. The molecule has 0 radical (unpaired) electrons. The summed E-state index contributed by atoms with van der Waals surface area (Å²) in [6.07, 6.45) is 7.25. The molecule has 0 spiro atoms. The predicted molar refractivity (Wildman–Crippen MR) is 68.6 cm³/mol. The van der Waals surface area contributed by atoms with Gasteiger partial charge in [-0.05, 0) is 19.3 Å². The van der Waals surface area contributed by atoms with E-state index in [-0.39, 0.29) is 18.1 Å². The number of hydrogen-bond acceptors (Lipinski definition) is 3. The van der Waals surface area contributed by atoms with Gasteiger partial charge in [-0.2, -0.15) is 0 Å². The van der Waals surface area contributed by atoms with Crippen molar-refractivity contribution >= 4 is 5.91 Å². The first kappa shape index (κ1) is 14.5. The SMILES string of the molecule is COC(C)CNC(=O)C(N)CC1CCCCC1. The number of carbonyl (C=O) groups excluding carboxylic acids is 1. The second-order valence-electron chi connectivity index (χ2n) is 5.14. The minimum atomic E-state index is -0.359. The molecule has 1 amide bonds. The Hall–Kier alpha value is -0.610. The van der Waals surface area contributed by atoms with E-state index in [1.807, 2.05) is 6.92 Å². The lowest BCUT2D eigenvalue weighted by Crippen LogP contribution is -2.44. The highest BCUT2D eigenvalue weighted by molar-refractivity contribution is 5.81. The molecule has 1 rings (SSSR count). The first-order chi connectivity index (χ1) is 8.13. The van der Waals surface area contributed by atoms with Crippen LogP contribution in [0, 0.1) is 5.92 Å². The topological polar surface area (TPSA) is 64.3 Å². The van der Waals surface area contributed by atoms with Crippen molar-refractivity contribution in [3.05, 3.63) is 0 Å². The fourth-order valence-corrected chi connectivity index (χ4v) is 2.35. The van der Waals surface area contributed by atoms with Crippen LogP contribution in [0.3, 0.4) is 0 Å². The lowest BCUT2D eigenvalue weighted by atomic mass is 9.85. The van der Waals surface area contributed by atoms with Crippen molar-refractivity contribution in [3.8, 4) is 0 Å². The number of hydrogen-bond donors (Lipinski definition) is 2. The van der Waals surface area contributed by atoms with Gasteiger partial charge in [0.05, 0.1) is 12.1 Å². The van der Waals surface area contributed by atoms with E-state index >= 15 is 0 Å². The molecule has 1 aliphatic rings. The third-order valence-electron chi connectivity index (χ3n) is 3.61. The van der Waals surface area contributed by atoms with Gasteiger partial charge in [-0.15, -0.1) is 0 Å². The number of rotatable bonds is 6. The molecule has 0 heterocycles. The summed E-state index contributed by atoms with van der Waals surface area (Å²) in [5.41, 5.74) is 5.92. The van der Waals surface area contributed by atoms with Gasteiger partial charge in [0.2, 0.25) is 5.91 Å². The molecule has 2 unspecified atom stereocenters. The van der Waals surface area contributed by atoms with E-state index in [1.54, 1.807) is 7.11 Å². The molecule has 17 heavy (non-hydrogen) atoms. The second kappa shape index (κ2) is 7.67. The summed E-state index contributed by atoms with van der Waals surface area (Å²) in [5, 5.41) is 2.83. The molecule has 4 heteroatoms. The van der Waals surface area contributed by atoms with Crippen LogP contribution in [-0.4, -0.2) is 31.7 Å². The Morgan fingerprint density at radius 2 is 2.06 bits per heavy atom.